The third kappa shape index (κ3) is 2.59. The molecule has 0 saturated heterocycles. The molecular formula is C9H14N2OS. The minimum atomic E-state index is 0.00718. The van der Waals surface area contributed by atoms with Crippen molar-refractivity contribution in [1.82, 2.24) is 9.55 Å². The van der Waals surface area contributed by atoms with E-state index in [1.165, 1.54) is 0 Å². The minimum absolute atomic E-state index is 0.00718. The van der Waals surface area contributed by atoms with E-state index >= 15 is 0 Å². The Morgan fingerprint density at radius 1 is 1.62 bits per heavy atom. The second-order valence-electron chi connectivity index (χ2n) is 3.22. The fourth-order valence-electron chi connectivity index (χ4n) is 1.03. The van der Waals surface area contributed by atoms with Crippen molar-refractivity contribution in [1.29, 1.82) is 0 Å². The van der Waals surface area contributed by atoms with E-state index in [0.29, 0.717) is 18.2 Å². The lowest BCUT2D eigenvalue weighted by Crippen LogP contribution is -2.21. The van der Waals surface area contributed by atoms with E-state index in [9.17, 15) is 4.79 Å². The largest absolute Gasteiger partial charge is 0.298 e. The number of aromatic nitrogens is 2. The maximum absolute atomic E-state index is 11.4. The van der Waals surface area contributed by atoms with E-state index in [0.717, 1.165) is 5.69 Å². The van der Waals surface area contributed by atoms with Crippen molar-refractivity contribution in [3.63, 3.8) is 0 Å². The van der Waals surface area contributed by atoms with E-state index in [1.807, 2.05) is 13.8 Å². The number of hydrogen-bond donors (Lipinski definition) is 1. The third-order valence-corrected chi connectivity index (χ3v) is 2.03. The molecule has 0 aliphatic carbocycles. The first kappa shape index (κ1) is 10.3. The summed E-state index contributed by atoms with van der Waals surface area (Å²) in [6.45, 7) is 4.66. The summed E-state index contributed by atoms with van der Waals surface area (Å²) in [5.74, 6) is 0.959. The van der Waals surface area contributed by atoms with E-state index in [1.54, 1.807) is 17.0 Å². The molecule has 0 amide bonds. The molecular weight excluding hydrogens is 184 g/mol. The summed E-state index contributed by atoms with van der Waals surface area (Å²) in [5.41, 5.74) is 0.855. The molecule has 1 aromatic heterocycles. The van der Waals surface area contributed by atoms with Crippen molar-refractivity contribution >= 4 is 12.6 Å². The molecule has 1 aromatic rings. The molecule has 4 heteroatoms. The normalized spacial score (nSPS) is 10.8. The minimum Gasteiger partial charge on any atom is -0.298 e. The van der Waals surface area contributed by atoms with Crippen LogP contribution in [0.4, 0.5) is 0 Å². The highest BCUT2D eigenvalue weighted by Gasteiger charge is 2.02. The zero-order valence-corrected chi connectivity index (χ0v) is 8.79. The fourth-order valence-corrected chi connectivity index (χ4v) is 1.25. The Bertz CT molecular complexity index is 333. The average molecular weight is 198 g/mol. The molecule has 1 rings (SSSR count). The predicted molar refractivity (Wildman–Crippen MR) is 56.4 cm³/mol. The van der Waals surface area contributed by atoms with Gasteiger partial charge in [0.25, 0.3) is 5.56 Å². The first-order valence-corrected chi connectivity index (χ1v) is 4.95. The molecule has 13 heavy (non-hydrogen) atoms. The Kier molecular flexibility index (Phi) is 3.54. The van der Waals surface area contributed by atoms with Gasteiger partial charge in [-0.3, -0.25) is 9.36 Å². The first-order valence-electron chi connectivity index (χ1n) is 4.32. The zero-order valence-electron chi connectivity index (χ0n) is 7.90. The lowest BCUT2D eigenvalue weighted by Gasteiger charge is -2.06. The summed E-state index contributed by atoms with van der Waals surface area (Å²) in [7, 11) is 0. The average Bonchev–Trinajstić information content (AvgIpc) is 2.08. The molecule has 0 saturated carbocycles. The summed E-state index contributed by atoms with van der Waals surface area (Å²) < 4.78 is 1.57. The topological polar surface area (TPSA) is 34.9 Å². The van der Waals surface area contributed by atoms with Gasteiger partial charge in [-0.1, -0.05) is 13.8 Å². The second-order valence-corrected chi connectivity index (χ2v) is 3.67. The van der Waals surface area contributed by atoms with Crippen LogP contribution in [0, 0.1) is 0 Å². The van der Waals surface area contributed by atoms with Crippen molar-refractivity contribution in [3.8, 4) is 0 Å². The van der Waals surface area contributed by atoms with Gasteiger partial charge >= 0.3 is 0 Å². The highest BCUT2D eigenvalue weighted by Crippen LogP contribution is 2.06. The number of thiol groups is 1. The van der Waals surface area contributed by atoms with Gasteiger partial charge in [0.05, 0.1) is 12.0 Å². The Hall–Kier alpha value is -0.770. The van der Waals surface area contributed by atoms with Crippen LogP contribution in [0.25, 0.3) is 0 Å². The molecule has 0 fully saturated rings. The maximum Gasteiger partial charge on any atom is 0.253 e. The van der Waals surface area contributed by atoms with Crippen LogP contribution in [0.2, 0.25) is 0 Å². The van der Waals surface area contributed by atoms with Gasteiger partial charge in [0.15, 0.2) is 0 Å². The summed E-state index contributed by atoms with van der Waals surface area (Å²) in [6.07, 6.45) is 1.59. The van der Waals surface area contributed by atoms with Crippen LogP contribution < -0.4 is 5.56 Å². The van der Waals surface area contributed by atoms with Crippen molar-refractivity contribution in [3.05, 3.63) is 28.4 Å². The molecule has 72 valence electrons. The van der Waals surface area contributed by atoms with Crippen LogP contribution in [-0.2, 0) is 6.54 Å². The summed E-state index contributed by atoms with van der Waals surface area (Å²) in [4.78, 5) is 15.6. The lowest BCUT2D eigenvalue weighted by molar-refractivity contribution is 0.691. The fraction of sp³-hybridized carbons (Fsp3) is 0.556. The highest BCUT2D eigenvalue weighted by molar-refractivity contribution is 7.80. The van der Waals surface area contributed by atoms with Gasteiger partial charge in [-0.25, -0.2) is 4.98 Å². The smallest absolute Gasteiger partial charge is 0.253 e. The van der Waals surface area contributed by atoms with Gasteiger partial charge in [0.2, 0.25) is 0 Å². The van der Waals surface area contributed by atoms with Gasteiger partial charge in [0.1, 0.15) is 0 Å². The zero-order chi connectivity index (χ0) is 9.84. The molecule has 0 aliphatic rings. The van der Waals surface area contributed by atoms with Crippen LogP contribution in [0.15, 0.2) is 17.2 Å². The molecule has 0 aromatic carbocycles. The Labute approximate surface area is 83.2 Å². The van der Waals surface area contributed by atoms with Gasteiger partial charge in [-0.15, -0.1) is 0 Å². The van der Waals surface area contributed by atoms with Crippen molar-refractivity contribution in [2.75, 3.05) is 5.75 Å². The predicted octanol–water partition coefficient (Wildman–Crippen LogP) is 1.30. The summed E-state index contributed by atoms with van der Waals surface area (Å²) in [6, 6.07) is 1.59. The Balaban J connectivity index is 2.99. The van der Waals surface area contributed by atoms with Gasteiger partial charge < -0.3 is 0 Å². The van der Waals surface area contributed by atoms with Crippen LogP contribution in [0.1, 0.15) is 25.5 Å². The molecule has 0 spiro atoms. The second kappa shape index (κ2) is 4.46. The molecule has 0 unspecified atom stereocenters. The van der Waals surface area contributed by atoms with Crippen molar-refractivity contribution in [2.24, 2.45) is 0 Å². The van der Waals surface area contributed by atoms with Gasteiger partial charge in [-0.2, -0.15) is 12.6 Å². The van der Waals surface area contributed by atoms with E-state index in [2.05, 4.69) is 17.6 Å². The van der Waals surface area contributed by atoms with Gasteiger partial charge in [-0.05, 0) is 5.92 Å². The van der Waals surface area contributed by atoms with Crippen LogP contribution >= 0.6 is 12.6 Å². The van der Waals surface area contributed by atoms with Crippen molar-refractivity contribution < 1.29 is 0 Å². The van der Waals surface area contributed by atoms with E-state index in [4.69, 9.17) is 0 Å². The lowest BCUT2D eigenvalue weighted by atomic mass is 10.1. The van der Waals surface area contributed by atoms with Crippen LogP contribution in [-0.4, -0.2) is 15.3 Å². The first-order chi connectivity index (χ1) is 6.15. The molecule has 0 atom stereocenters. The third-order valence-electron chi connectivity index (χ3n) is 1.83. The highest BCUT2D eigenvalue weighted by atomic mass is 32.1. The van der Waals surface area contributed by atoms with Crippen LogP contribution in [0.3, 0.4) is 0 Å². The molecule has 1 heterocycles. The monoisotopic (exact) mass is 198 g/mol. The van der Waals surface area contributed by atoms with Crippen LogP contribution in [0.5, 0.6) is 0 Å². The van der Waals surface area contributed by atoms with E-state index < -0.39 is 0 Å². The van der Waals surface area contributed by atoms with Crippen molar-refractivity contribution in [2.45, 2.75) is 26.3 Å². The summed E-state index contributed by atoms with van der Waals surface area (Å²) in [5, 5.41) is 0. The maximum atomic E-state index is 11.4. The Morgan fingerprint density at radius 2 is 2.31 bits per heavy atom. The molecule has 0 N–H and O–H groups in total. The number of nitrogens with zero attached hydrogens (tertiary/aromatic N) is 2. The number of hydrogen-bond acceptors (Lipinski definition) is 3. The quantitative estimate of drug-likeness (QED) is 0.743. The molecule has 0 aliphatic heterocycles. The summed E-state index contributed by atoms with van der Waals surface area (Å²) >= 11 is 4.06. The van der Waals surface area contributed by atoms with E-state index in [-0.39, 0.29) is 5.56 Å². The molecule has 0 bridgehead atoms. The molecule has 0 radical (unpaired) electrons. The number of aryl methyl sites for hydroxylation is 1. The number of rotatable bonds is 3. The molecule has 3 nitrogen and oxygen atoms in total. The standard InChI is InChI=1S/C9H14N2OS/c1-7(2)8-5-9(12)11(3-4-13)6-10-8/h5-7,13H,3-4H2,1-2H3. The van der Waals surface area contributed by atoms with Gasteiger partial charge in [0, 0.05) is 18.4 Å². The SMILES string of the molecule is CC(C)c1cc(=O)n(CCS)cn1. The Morgan fingerprint density at radius 3 is 2.77 bits per heavy atom.